The van der Waals surface area contributed by atoms with E-state index in [1.54, 1.807) is 6.26 Å². The van der Waals surface area contributed by atoms with Gasteiger partial charge in [0.15, 0.2) is 0 Å². The average molecular weight is 317 g/mol. The Morgan fingerprint density at radius 2 is 1.91 bits per heavy atom. The molecule has 2 aliphatic heterocycles. The van der Waals surface area contributed by atoms with Gasteiger partial charge in [-0.15, -0.1) is 10.2 Å². The van der Waals surface area contributed by atoms with Crippen LogP contribution >= 0.6 is 0 Å². The minimum atomic E-state index is 0.817. The molecule has 0 amide bonds. The Bertz CT molecular complexity index is 618. The van der Waals surface area contributed by atoms with E-state index in [4.69, 9.17) is 9.15 Å². The monoisotopic (exact) mass is 317 g/mol. The molecule has 4 rings (SSSR count). The Hall–Kier alpha value is -1.70. The first-order valence-corrected chi connectivity index (χ1v) is 8.34. The molecule has 23 heavy (non-hydrogen) atoms. The van der Waals surface area contributed by atoms with Gasteiger partial charge in [-0.3, -0.25) is 9.80 Å². The van der Waals surface area contributed by atoms with E-state index < -0.39 is 0 Å². The van der Waals surface area contributed by atoms with Crippen molar-refractivity contribution >= 4 is 0 Å². The van der Waals surface area contributed by atoms with Crippen LogP contribution < -0.4 is 0 Å². The quantitative estimate of drug-likeness (QED) is 0.842. The van der Waals surface area contributed by atoms with Crippen LogP contribution in [0.25, 0.3) is 0 Å². The van der Waals surface area contributed by atoms with Crippen molar-refractivity contribution < 1.29 is 9.15 Å². The van der Waals surface area contributed by atoms with E-state index in [9.17, 15) is 0 Å². The predicted octanol–water partition coefficient (Wildman–Crippen LogP) is 1.11. The molecule has 1 saturated heterocycles. The van der Waals surface area contributed by atoms with Crippen LogP contribution in [-0.2, 0) is 30.9 Å². The Kier molecular flexibility index (Phi) is 4.41. The van der Waals surface area contributed by atoms with Crippen molar-refractivity contribution in [1.82, 2.24) is 24.6 Å². The van der Waals surface area contributed by atoms with Gasteiger partial charge in [0.1, 0.15) is 17.4 Å². The van der Waals surface area contributed by atoms with E-state index >= 15 is 0 Å². The zero-order chi connectivity index (χ0) is 15.5. The molecule has 124 valence electrons. The van der Waals surface area contributed by atoms with Crippen LogP contribution in [0.15, 0.2) is 22.8 Å². The van der Waals surface area contributed by atoms with Gasteiger partial charge in [-0.25, -0.2) is 0 Å². The number of furan rings is 1. The van der Waals surface area contributed by atoms with Crippen LogP contribution in [0.4, 0.5) is 0 Å². The molecule has 0 saturated carbocycles. The Morgan fingerprint density at radius 3 is 2.74 bits per heavy atom. The Balaban J connectivity index is 1.44. The van der Waals surface area contributed by atoms with Crippen molar-refractivity contribution in [3.05, 3.63) is 35.8 Å². The fourth-order valence-corrected chi connectivity index (χ4v) is 3.31. The summed E-state index contributed by atoms with van der Waals surface area (Å²) in [6, 6.07) is 3.97. The van der Waals surface area contributed by atoms with Gasteiger partial charge in [-0.1, -0.05) is 0 Å². The summed E-state index contributed by atoms with van der Waals surface area (Å²) in [5.74, 6) is 3.16. The smallest absolute Gasteiger partial charge is 0.147 e. The van der Waals surface area contributed by atoms with Crippen molar-refractivity contribution in [3.8, 4) is 0 Å². The molecule has 1 fully saturated rings. The minimum Gasteiger partial charge on any atom is -0.468 e. The minimum absolute atomic E-state index is 0.817. The first-order chi connectivity index (χ1) is 11.4. The number of aromatic nitrogens is 3. The highest BCUT2D eigenvalue weighted by molar-refractivity contribution is 5.01. The molecule has 0 radical (unpaired) electrons. The lowest BCUT2D eigenvalue weighted by Crippen LogP contribution is -2.36. The van der Waals surface area contributed by atoms with E-state index in [-0.39, 0.29) is 0 Å². The predicted molar refractivity (Wildman–Crippen MR) is 83.6 cm³/mol. The molecule has 0 bridgehead atoms. The standard InChI is InChI=1S/C16H23N5O2/c1-3-14(23-8-1)11-20-4-2-5-21-15(17-18-16(21)13-20)12-19-6-9-22-10-7-19/h1,3,8H,2,4-7,9-13H2. The number of hydrogen-bond acceptors (Lipinski definition) is 6. The van der Waals surface area contributed by atoms with Crippen molar-refractivity contribution in [3.63, 3.8) is 0 Å². The molecule has 2 aliphatic rings. The topological polar surface area (TPSA) is 59.6 Å². The average Bonchev–Trinajstić information content (AvgIpc) is 3.15. The molecule has 0 spiro atoms. The van der Waals surface area contributed by atoms with Gasteiger partial charge >= 0.3 is 0 Å². The number of ether oxygens (including phenoxy) is 1. The molecule has 0 unspecified atom stereocenters. The number of nitrogens with zero attached hydrogens (tertiary/aromatic N) is 5. The van der Waals surface area contributed by atoms with Crippen LogP contribution in [0.2, 0.25) is 0 Å². The van der Waals surface area contributed by atoms with E-state index in [1.807, 2.05) is 12.1 Å². The lowest BCUT2D eigenvalue weighted by Gasteiger charge is -2.26. The fraction of sp³-hybridized carbons (Fsp3) is 0.625. The summed E-state index contributed by atoms with van der Waals surface area (Å²) in [7, 11) is 0. The van der Waals surface area contributed by atoms with Gasteiger partial charge in [0.05, 0.1) is 39.1 Å². The first kappa shape index (κ1) is 14.9. The molecule has 0 N–H and O–H groups in total. The lowest BCUT2D eigenvalue weighted by atomic mass is 10.3. The molecule has 2 aromatic heterocycles. The first-order valence-electron chi connectivity index (χ1n) is 8.34. The second-order valence-corrected chi connectivity index (χ2v) is 6.22. The lowest BCUT2D eigenvalue weighted by molar-refractivity contribution is 0.0325. The third-order valence-corrected chi connectivity index (χ3v) is 4.55. The van der Waals surface area contributed by atoms with E-state index in [2.05, 4.69) is 24.6 Å². The number of rotatable bonds is 4. The summed E-state index contributed by atoms with van der Waals surface area (Å²) in [4.78, 5) is 4.77. The molecule has 0 aromatic carbocycles. The van der Waals surface area contributed by atoms with E-state index in [0.29, 0.717) is 0 Å². The normalized spacial score (nSPS) is 20.3. The molecule has 7 heteroatoms. The van der Waals surface area contributed by atoms with Crippen molar-refractivity contribution in [2.45, 2.75) is 32.6 Å². The zero-order valence-corrected chi connectivity index (χ0v) is 13.4. The fourth-order valence-electron chi connectivity index (χ4n) is 3.31. The van der Waals surface area contributed by atoms with Crippen molar-refractivity contribution in [1.29, 1.82) is 0 Å². The second-order valence-electron chi connectivity index (χ2n) is 6.22. The molecule has 2 aromatic rings. The highest BCUT2D eigenvalue weighted by Crippen LogP contribution is 2.16. The SMILES string of the molecule is c1coc(CN2CCCn3c(CN4CCOCC4)nnc3C2)c1. The molecule has 0 atom stereocenters. The van der Waals surface area contributed by atoms with E-state index in [1.165, 1.54) is 0 Å². The maximum atomic E-state index is 5.47. The largest absolute Gasteiger partial charge is 0.468 e. The number of hydrogen-bond donors (Lipinski definition) is 0. The maximum absolute atomic E-state index is 5.47. The van der Waals surface area contributed by atoms with Crippen LogP contribution in [0.3, 0.4) is 0 Å². The number of morpholine rings is 1. The number of fused-ring (bicyclic) bond motifs is 1. The van der Waals surface area contributed by atoms with Gasteiger partial charge in [-0.2, -0.15) is 0 Å². The third kappa shape index (κ3) is 3.46. The molecular weight excluding hydrogens is 294 g/mol. The second kappa shape index (κ2) is 6.82. The van der Waals surface area contributed by atoms with Crippen molar-refractivity contribution in [2.24, 2.45) is 0 Å². The van der Waals surface area contributed by atoms with Gasteiger partial charge < -0.3 is 13.7 Å². The summed E-state index contributed by atoms with van der Waals surface area (Å²) < 4.78 is 13.2. The van der Waals surface area contributed by atoms with Gasteiger partial charge in [0.2, 0.25) is 0 Å². The van der Waals surface area contributed by atoms with Crippen LogP contribution in [0.5, 0.6) is 0 Å². The highest BCUT2D eigenvalue weighted by atomic mass is 16.5. The third-order valence-electron chi connectivity index (χ3n) is 4.55. The van der Waals surface area contributed by atoms with Crippen LogP contribution in [0.1, 0.15) is 23.8 Å². The highest BCUT2D eigenvalue weighted by Gasteiger charge is 2.21. The molecule has 4 heterocycles. The molecule has 7 nitrogen and oxygen atoms in total. The Morgan fingerprint density at radius 1 is 1.00 bits per heavy atom. The summed E-state index contributed by atoms with van der Waals surface area (Å²) in [5, 5.41) is 8.89. The Labute approximate surface area is 135 Å². The van der Waals surface area contributed by atoms with Gasteiger partial charge in [0, 0.05) is 26.2 Å². The molecular formula is C16H23N5O2. The maximum Gasteiger partial charge on any atom is 0.147 e. The summed E-state index contributed by atoms with van der Waals surface area (Å²) in [5.41, 5.74) is 0. The summed E-state index contributed by atoms with van der Waals surface area (Å²) >= 11 is 0. The van der Waals surface area contributed by atoms with E-state index in [0.717, 1.165) is 82.9 Å². The van der Waals surface area contributed by atoms with Crippen molar-refractivity contribution in [2.75, 3.05) is 32.8 Å². The van der Waals surface area contributed by atoms with Crippen LogP contribution in [-0.4, -0.2) is 57.4 Å². The molecule has 0 aliphatic carbocycles. The van der Waals surface area contributed by atoms with Crippen LogP contribution in [0, 0.1) is 0 Å². The summed E-state index contributed by atoms with van der Waals surface area (Å²) in [6.07, 6.45) is 2.85. The van der Waals surface area contributed by atoms with Gasteiger partial charge in [0.25, 0.3) is 0 Å². The van der Waals surface area contributed by atoms with Gasteiger partial charge in [-0.05, 0) is 18.6 Å². The summed E-state index contributed by atoms with van der Waals surface area (Å²) in [6.45, 7) is 8.18. The zero-order valence-electron chi connectivity index (χ0n) is 13.4.